The molecule has 0 saturated heterocycles. The van der Waals surface area contributed by atoms with Crippen LogP contribution in [0.5, 0.6) is 11.5 Å². The van der Waals surface area contributed by atoms with Crippen LogP contribution in [0.4, 0.5) is 0 Å². The Morgan fingerprint density at radius 1 is 1.11 bits per heavy atom. The number of hydrogen-bond donors (Lipinski definition) is 0. The quantitative estimate of drug-likeness (QED) is 0.341. The average molecular weight is 405 g/mol. The molecule has 0 spiro atoms. The zero-order valence-corrected chi connectivity index (χ0v) is 17.3. The van der Waals surface area contributed by atoms with Gasteiger partial charge >= 0.3 is 5.97 Å². The van der Waals surface area contributed by atoms with Crippen molar-refractivity contribution < 1.29 is 23.7 Å². The van der Waals surface area contributed by atoms with Gasteiger partial charge in [0.15, 0.2) is 18.3 Å². The second-order valence-electron chi connectivity index (χ2n) is 7.02. The van der Waals surface area contributed by atoms with Gasteiger partial charge in [0.2, 0.25) is 0 Å². The molecule has 150 valence electrons. The molecule has 2 aromatic carbocycles. The minimum absolute atomic E-state index is 0.0389. The molecule has 0 unspecified atom stereocenters. The van der Waals surface area contributed by atoms with E-state index in [4.69, 9.17) is 30.5 Å². The normalized spacial score (nSPS) is 11.5. The van der Waals surface area contributed by atoms with Crippen molar-refractivity contribution in [3.63, 3.8) is 0 Å². The predicted octanol–water partition coefficient (Wildman–Crippen LogP) is 5.26. The highest BCUT2D eigenvalue weighted by Gasteiger charge is 2.15. The van der Waals surface area contributed by atoms with Crippen molar-refractivity contribution in [3.8, 4) is 11.5 Å². The van der Waals surface area contributed by atoms with Gasteiger partial charge in [-0.15, -0.1) is 0 Å². The summed E-state index contributed by atoms with van der Waals surface area (Å²) in [6.45, 7) is 5.82. The Balaban J connectivity index is 2.20. The first kappa shape index (κ1) is 21.8. The predicted molar refractivity (Wildman–Crippen MR) is 110 cm³/mol. The second-order valence-corrected chi connectivity index (χ2v) is 7.43. The average Bonchev–Trinajstić information content (AvgIpc) is 2.63. The lowest BCUT2D eigenvalue weighted by Crippen LogP contribution is -2.22. The number of benzene rings is 2. The molecule has 2 aromatic rings. The summed E-state index contributed by atoms with van der Waals surface area (Å²) >= 11 is 6.41. The van der Waals surface area contributed by atoms with Gasteiger partial charge in [-0.2, -0.15) is 0 Å². The summed E-state index contributed by atoms with van der Waals surface area (Å²) < 4.78 is 21.7. The molecule has 0 N–H and O–H groups in total. The third kappa shape index (κ3) is 7.25. The van der Waals surface area contributed by atoms with Crippen LogP contribution in [0.1, 0.15) is 31.9 Å². The number of carbonyl (C=O) groups is 1. The summed E-state index contributed by atoms with van der Waals surface area (Å²) in [5.41, 5.74) is 1.13. The third-order valence-electron chi connectivity index (χ3n) is 3.41. The van der Waals surface area contributed by atoms with Crippen LogP contribution in [0, 0.1) is 0 Å². The van der Waals surface area contributed by atoms with Crippen LogP contribution < -0.4 is 9.47 Å². The molecular weight excluding hydrogens is 380 g/mol. The summed E-state index contributed by atoms with van der Waals surface area (Å²) in [7, 11) is 1.53. The van der Waals surface area contributed by atoms with E-state index in [-0.39, 0.29) is 6.79 Å². The van der Waals surface area contributed by atoms with Crippen LogP contribution in [-0.4, -0.2) is 25.5 Å². The Hall–Kier alpha value is -2.50. The minimum atomic E-state index is -0.555. The number of carbonyl (C=O) groups excluding carboxylic acids is 1. The van der Waals surface area contributed by atoms with Crippen LogP contribution in [-0.2, 0) is 20.9 Å². The minimum Gasteiger partial charge on any atom is -0.483 e. The molecule has 6 heteroatoms. The monoisotopic (exact) mass is 404 g/mol. The standard InChI is InChI=1S/C22H25ClO5/c1-22(2,3)28-20(24)11-10-17-12-18(23)21(19(13-17)27-15-25-4)26-14-16-8-6-5-7-9-16/h5-13H,14-15H2,1-4H3/b11-10+. The zero-order valence-electron chi connectivity index (χ0n) is 16.5. The Kier molecular flexibility index (Phi) is 7.91. The first-order chi connectivity index (χ1) is 13.3. The molecule has 0 aliphatic heterocycles. The summed E-state index contributed by atoms with van der Waals surface area (Å²) in [6, 6.07) is 13.2. The zero-order chi connectivity index (χ0) is 20.6. The first-order valence-corrected chi connectivity index (χ1v) is 9.19. The Bertz CT molecular complexity index is 810. The van der Waals surface area contributed by atoms with E-state index in [0.717, 1.165) is 5.56 Å². The van der Waals surface area contributed by atoms with Crippen molar-refractivity contribution in [1.29, 1.82) is 0 Å². The second kappa shape index (κ2) is 10.2. The van der Waals surface area contributed by atoms with Gasteiger partial charge < -0.3 is 18.9 Å². The van der Waals surface area contributed by atoms with Gasteiger partial charge in [0.25, 0.3) is 0 Å². The smallest absolute Gasteiger partial charge is 0.331 e. The highest BCUT2D eigenvalue weighted by molar-refractivity contribution is 6.32. The number of methoxy groups -OCH3 is 1. The van der Waals surface area contributed by atoms with E-state index in [2.05, 4.69) is 0 Å². The van der Waals surface area contributed by atoms with E-state index < -0.39 is 11.6 Å². The fourth-order valence-corrected chi connectivity index (χ4v) is 2.56. The number of esters is 1. The molecule has 0 atom stereocenters. The van der Waals surface area contributed by atoms with E-state index in [1.807, 2.05) is 51.1 Å². The number of halogens is 1. The molecule has 0 saturated carbocycles. The highest BCUT2D eigenvalue weighted by Crippen LogP contribution is 2.37. The van der Waals surface area contributed by atoms with E-state index in [0.29, 0.717) is 28.7 Å². The summed E-state index contributed by atoms with van der Waals surface area (Å²) in [5, 5.41) is 0.369. The number of rotatable bonds is 8. The largest absolute Gasteiger partial charge is 0.483 e. The number of ether oxygens (including phenoxy) is 4. The van der Waals surface area contributed by atoms with Crippen LogP contribution in [0.3, 0.4) is 0 Å². The van der Waals surface area contributed by atoms with Crippen molar-refractivity contribution in [2.24, 2.45) is 0 Å². The molecule has 5 nitrogen and oxygen atoms in total. The fourth-order valence-electron chi connectivity index (χ4n) is 2.28. The summed E-state index contributed by atoms with van der Waals surface area (Å²) in [6.07, 6.45) is 2.96. The van der Waals surface area contributed by atoms with Gasteiger partial charge in [0, 0.05) is 13.2 Å². The van der Waals surface area contributed by atoms with Gasteiger partial charge in [-0.1, -0.05) is 41.9 Å². The first-order valence-electron chi connectivity index (χ1n) is 8.81. The van der Waals surface area contributed by atoms with Crippen LogP contribution in [0.2, 0.25) is 5.02 Å². The molecule has 0 fully saturated rings. The Morgan fingerprint density at radius 3 is 2.46 bits per heavy atom. The molecule has 0 bridgehead atoms. The maximum absolute atomic E-state index is 11.9. The third-order valence-corrected chi connectivity index (χ3v) is 3.69. The van der Waals surface area contributed by atoms with E-state index in [1.165, 1.54) is 13.2 Å². The molecule has 0 amide bonds. The molecule has 0 radical (unpaired) electrons. The topological polar surface area (TPSA) is 54.0 Å². The highest BCUT2D eigenvalue weighted by atomic mass is 35.5. The molecule has 0 aromatic heterocycles. The van der Waals surface area contributed by atoms with Gasteiger partial charge in [-0.25, -0.2) is 4.79 Å². The molecular formula is C22H25ClO5. The Morgan fingerprint density at radius 2 is 1.82 bits per heavy atom. The van der Waals surface area contributed by atoms with Gasteiger partial charge in [-0.05, 0) is 50.1 Å². The van der Waals surface area contributed by atoms with Crippen molar-refractivity contribution in [2.45, 2.75) is 33.0 Å². The van der Waals surface area contributed by atoms with Crippen LogP contribution in [0.25, 0.3) is 6.08 Å². The van der Waals surface area contributed by atoms with Gasteiger partial charge in [0.05, 0.1) is 5.02 Å². The van der Waals surface area contributed by atoms with E-state index in [9.17, 15) is 4.79 Å². The summed E-state index contributed by atoms with van der Waals surface area (Å²) in [4.78, 5) is 11.9. The van der Waals surface area contributed by atoms with Crippen molar-refractivity contribution >= 4 is 23.6 Å². The van der Waals surface area contributed by atoms with Crippen LogP contribution in [0.15, 0.2) is 48.5 Å². The lowest BCUT2D eigenvalue weighted by molar-refractivity contribution is -0.148. The SMILES string of the molecule is COCOc1cc(/C=C/C(=O)OC(C)(C)C)cc(Cl)c1OCc1ccccc1. The van der Waals surface area contributed by atoms with Crippen molar-refractivity contribution in [3.05, 3.63) is 64.7 Å². The Labute approximate surface area is 170 Å². The van der Waals surface area contributed by atoms with Crippen molar-refractivity contribution in [1.82, 2.24) is 0 Å². The van der Waals surface area contributed by atoms with E-state index >= 15 is 0 Å². The maximum Gasteiger partial charge on any atom is 0.331 e. The molecule has 0 aliphatic carbocycles. The summed E-state index contributed by atoms with van der Waals surface area (Å²) in [5.74, 6) is 0.401. The lowest BCUT2D eigenvalue weighted by Gasteiger charge is -2.18. The lowest BCUT2D eigenvalue weighted by atomic mass is 10.1. The van der Waals surface area contributed by atoms with E-state index in [1.54, 1.807) is 18.2 Å². The van der Waals surface area contributed by atoms with Gasteiger partial charge in [-0.3, -0.25) is 0 Å². The molecule has 2 rings (SSSR count). The van der Waals surface area contributed by atoms with Gasteiger partial charge in [0.1, 0.15) is 12.2 Å². The van der Waals surface area contributed by atoms with Crippen molar-refractivity contribution in [2.75, 3.05) is 13.9 Å². The maximum atomic E-state index is 11.9. The molecule has 0 heterocycles. The van der Waals surface area contributed by atoms with Crippen LogP contribution >= 0.6 is 11.6 Å². The number of hydrogen-bond acceptors (Lipinski definition) is 5. The molecule has 28 heavy (non-hydrogen) atoms. The fraction of sp³-hybridized carbons (Fsp3) is 0.318. The molecule has 0 aliphatic rings.